The summed E-state index contributed by atoms with van der Waals surface area (Å²) in [6, 6.07) is 0. The number of ether oxygens (including phenoxy) is 1. The first-order valence-corrected chi connectivity index (χ1v) is 3.35. The van der Waals surface area contributed by atoms with Gasteiger partial charge in [-0.2, -0.15) is 0 Å². The molecule has 0 rings (SSSR count). The van der Waals surface area contributed by atoms with Crippen molar-refractivity contribution in [3.05, 3.63) is 0 Å². The summed E-state index contributed by atoms with van der Waals surface area (Å²) in [6.07, 6.45) is 0. The highest BCUT2D eigenvalue weighted by atomic mass is 16.5. The summed E-state index contributed by atoms with van der Waals surface area (Å²) >= 11 is 0. The Labute approximate surface area is 62.2 Å². The molecule has 0 radical (unpaired) electrons. The van der Waals surface area contributed by atoms with Crippen molar-refractivity contribution in [1.29, 1.82) is 0 Å². The fourth-order valence-corrected chi connectivity index (χ4v) is 0.463. The SMILES string of the molecule is CC(=O)OCC[N+](C)(C)[14CH3]. The average Bonchev–Trinajstić information content (AvgIpc) is 1.59. The molecule has 0 aromatic heterocycles. The van der Waals surface area contributed by atoms with Crippen molar-refractivity contribution in [2.45, 2.75) is 6.92 Å². The van der Waals surface area contributed by atoms with Crippen molar-refractivity contribution in [2.24, 2.45) is 0 Å². The first-order chi connectivity index (χ1) is 4.42. The van der Waals surface area contributed by atoms with Gasteiger partial charge < -0.3 is 9.22 Å². The molecule has 60 valence electrons. The van der Waals surface area contributed by atoms with Crippen molar-refractivity contribution >= 4 is 5.97 Å². The maximum Gasteiger partial charge on any atom is 0.302 e. The summed E-state index contributed by atoms with van der Waals surface area (Å²) in [7, 11) is 6.18. The Kier molecular flexibility index (Phi) is 3.36. The lowest BCUT2D eigenvalue weighted by Crippen LogP contribution is -2.37. The molecule has 0 aliphatic carbocycles. The van der Waals surface area contributed by atoms with Crippen LogP contribution in [0.4, 0.5) is 0 Å². The van der Waals surface area contributed by atoms with Gasteiger partial charge in [-0.05, 0) is 0 Å². The second-order valence-electron chi connectivity index (χ2n) is 3.35. The molecule has 0 aliphatic rings. The van der Waals surface area contributed by atoms with Crippen molar-refractivity contribution in [3.8, 4) is 0 Å². The Morgan fingerprint density at radius 1 is 1.60 bits per heavy atom. The third kappa shape index (κ3) is 7.43. The van der Waals surface area contributed by atoms with Gasteiger partial charge in [0.25, 0.3) is 0 Å². The van der Waals surface area contributed by atoms with Crippen LogP contribution in [0.2, 0.25) is 0 Å². The van der Waals surface area contributed by atoms with E-state index in [1.165, 1.54) is 6.92 Å². The molecule has 0 fully saturated rings. The van der Waals surface area contributed by atoms with E-state index < -0.39 is 0 Å². The molecule has 0 amide bonds. The van der Waals surface area contributed by atoms with E-state index in [4.69, 9.17) is 4.74 Å². The number of rotatable bonds is 3. The maximum atomic E-state index is 10.3. The second kappa shape index (κ2) is 3.56. The lowest BCUT2D eigenvalue weighted by Gasteiger charge is -2.23. The van der Waals surface area contributed by atoms with Crippen LogP contribution in [0.15, 0.2) is 0 Å². The average molecular weight is 148 g/mol. The number of hydrogen-bond acceptors (Lipinski definition) is 2. The van der Waals surface area contributed by atoms with Gasteiger partial charge in [0.15, 0.2) is 0 Å². The van der Waals surface area contributed by atoms with Crippen LogP contribution >= 0.6 is 0 Å². The Morgan fingerprint density at radius 3 is 2.40 bits per heavy atom. The van der Waals surface area contributed by atoms with Crippen molar-refractivity contribution in [1.82, 2.24) is 0 Å². The molecule has 0 aromatic rings. The molecule has 0 aromatic carbocycles. The standard InChI is InChI=1S/C7H16NO2/c1-7(9)10-6-5-8(2,3)4/h5-6H2,1-4H3/q+1/i2+2. The number of quaternary nitrogens is 1. The third-order valence-corrected chi connectivity index (χ3v) is 1.07. The number of nitrogens with zero attached hydrogens (tertiary/aromatic N) is 1. The molecule has 0 saturated heterocycles. The highest BCUT2D eigenvalue weighted by molar-refractivity contribution is 5.65. The summed E-state index contributed by atoms with van der Waals surface area (Å²) < 4.78 is 5.59. The van der Waals surface area contributed by atoms with Crippen molar-refractivity contribution in [2.75, 3.05) is 34.3 Å². The molecule has 0 spiro atoms. The predicted molar refractivity (Wildman–Crippen MR) is 39.5 cm³/mol. The summed E-state index contributed by atoms with van der Waals surface area (Å²) in [5.41, 5.74) is 0. The molecule has 3 nitrogen and oxygen atoms in total. The largest absolute Gasteiger partial charge is 0.460 e. The predicted octanol–water partition coefficient (Wildman–Crippen LogP) is 0.256. The van der Waals surface area contributed by atoms with Gasteiger partial charge in [-0.15, -0.1) is 0 Å². The Bertz CT molecular complexity index is 115. The molecular weight excluding hydrogens is 132 g/mol. The van der Waals surface area contributed by atoms with Gasteiger partial charge in [0, 0.05) is 6.92 Å². The highest BCUT2D eigenvalue weighted by Crippen LogP contribution is 1.88. The lowest BCUT2D eigenvalue weighted by molar-refractivity contribution is -0.870. The summed E-state index contributed by atoms with van der Waals surface area (Å²) in [5.74, 6) is -0.201. The van der Waals surface area contributed by atoms with E-state index in [1.807, 2.05) is 0 Å². The zero-order valence-electron chi connectivity index (χ0n) is 7.18. The summed E-state index contributed by atoms with van der Waals surface area (Å²) in [4.78, 5) is 10.3. The highest BCUT2D eigenvalue weighted by Gasteiger charge is 2.06. The second-order valence-corrected chi connectivity index (χ2v) is 3.35. The number of likely N-dealkylation sites (N-methyl/N-ethyl adjacent to an activating group) is 1. The fourth-order valence-electron chi connectivity index (χ4n) is 0.463. The zero-order chi connectivity index (χ0) is 8.20. The summed E-state index contributed by atoms with van der Waals surface area (Å²) in [6.45, 7) is 2.80. The molecule has 3 heteroatoms. The van der Waals surface area contributed by atoms with E-state index in [1.54, 1.807) is 0 Å². The Morgan fingerprint density at radius 2 is 2.10 bits per heavy atom. The van der Waals surface area contributed by atoms with Crippen LogP contribution in [0, 0.1) is 0 Å². The van der Waals surface area contributed by atoms with Crippen molar-refractivity contribution < 1.29 is 14.0 Å². The minimum atomic E-state index is -0.201. The Hall–Kier alpha value is -0.570. The molecule has 10 heavy (non-hydrogen) atoms. The number of esters is 1. The van der Waals surface area contributed by atoms with E-state index in [0.717, 1.165) is 11.0 Å². The van der Waals surface area contributed by atoms with Crippen LogP contribution < -0.4 is 0 Å². The van der Waals surface area contributed by atoms with Crippen molar-refractivity contribution in [3.63, 3.8) is 0 Å². The molecule has 0 atom stereocenters. The first kappa shape index (κ1) is 9.43. The normalized spacial score (nSPS) is 11.2. The molecule has 0 bridgehead atoms. The van der Waals surface area contributed by atoms with Gasteiger partial charge in [-0.1, -0.05) is 0 Å². The maximum absolute atomic E-state index is 10.3. The minimum Gasteiger partial charge on any atom is -0.460 e. The van der Waals surface area contributed by atoms with Crippen LogP contribution in [0.3, 0.4) is 0 Å². The molecule has 0 heterocycles. The van der Waals surface area contributed by atoms with Crippen LogP contribution in [-0.2, 0) is 9.53 Å². The minimum absolute atomic E-state index is 0.201. The van der Waals surface area contributed by atoms with E-state index >= 15 is 0 Å². The molecule has 0 N–H and O–H groups in total. The molecular formula is C7H16NO2+. The van der Waals surface area contributed by atoms with Gasteiger partial charge in [0.05, 0.1) is 21.1 Å². The van der Waals surface area contributed by atoms with E-state index in [0.29, 0.717) is 6.61 Å². The molecule has 0 unspecified atom stereocenters. The van der Waals surface area contributed by atoms with Gasteiger partial charge in [0.2, 0.25) is 0 Å². The van der Waals surface area contributed by atoms with Gasteiger partial charge in [0.1, 0.15) is 13.2 Å². The molecule has 0 saturated carbocycles. The van der Waals surface area contributed by atoms with E-state index in [2.05, 4.69) is 21.1 Å². The van der Waals surface area contributed by atoms with Gasteiger partial charge in [-0.3, -0.25) is 4.79 Å². The zero-order valence-corrected chi connectivity index (χ0v) is 7.18. The smallest absolute Gasteiger partial charge is 0.302 e. The Balaban J connectivity index is 3.29. The first-order valence-electron chi connectivity index (χ1n) is 3.35. The van der Waals surface area contributed by atoms with Crippen LogP contribution in [-0.4, -0.2) is 44.7 Å². The number of hydrogen-bond donors (Lipinski definition) is 0. The molecule has 0 aliphatic heterocycles. The monoisotopic (exact) mass is 148 g/mol. The van der Waals surface area contributed by atoms with E-state index in [9.17, 15) is 4.79 Å². The van der Waals surface area contributed by atoms with Crippen LogP contribution in [0.25, 0.3) is 0 Å². The van der Waals surface area contributed by atoms with Crippen LogP contribution in [0.5, 0.6) is 0 Å². The third-order valence-electron chi connectivity index (χ3n) is 1.07. The topological polar surface area (TPSA) is 26.3 Å². The summed E-state index contributed by atoms with van der Waals surface area (Å²) in [5, 5.41) is 0. The van der Waals surface area contributed by atoms with Gasteiger partial charge in [-0.25, -0.2) is 0 Å². The number of carbonyl (C=O) groups is 1. The number of carbonyl (C=O) groups excluding carboxylic acids is 1. The fraction of sp³-hybridized carbons (Fsp3) is 0.857. The van der Waals surface area contributed by atoms with Gasteiger partial charge >= 0.3 is 5.97 Å². The van der Waals surface area contributed by atoms with Crippen LogP contribution in [0.1, 0.15) is 6.92 Å². The quantitative estimate of drug-likeness (QED) is 0.424. The van der Waals surface area contributed by atoms with E-state index in [-0.39, 0.29) is 5.97 Å². The lowest BCUT2D eigenvalue weighted by atomic mass is 10.6.